The molecule has 0 aromatic heterocycles. The molecule has 2 aliphatic rings. The van der Waals surface area contributed by atoms with Crippen molar-refractivity contribution < 1.29 is 13.2 Å². The number of piperazine rings is 1. The van der Waals surface area contributed by atoms with Crippen LogP contribution in [0.5, 0.6) is 0 Å². The lowest BCUT2D eigenvalue weighted by atomic mass is 10.1. The Bertz CT molecular complexity index is 419. The molecule has 1 amide bonds. The minimum atomic E-state index is -3.17. The van der Waals surface area contributed by atoms with Gasteiger partial charge in [0, 0.05) is 32.1 Å². The smallest absolute Gasteiger partial charge is 0.225 e. The van der Waals surface area contributed by atoms with Crippen LogP contribution in [0.2, 0.25) is 0 Å². The van der Waals surface area contributed by atoms with Crippen LogP contribution in [-0.4, -0.2) is 55.0 Å². The highest BCUT2D eigenvalue weighted by molar-refractivity contribution is 7.89. The van der Waals surface area contributed by atoms with Crippen molar-refractivity contribution in [2.45, 2.75) is 44.8 Å². The Hall–Kier alpha value is -0.620. The second-order valence-corrected chi connectivity index (χ2v) is 8.29. The molecular weight excluding hydrogens is 264 g/mol. The zero-order valence-corrected chi connectivity index (χ0v) is 12.7. The SMILES string of the molecule is CC(C)S(=O)(=O)N1CCN(C(=O)C2CCCC2)CC1. The Kier molecular flexibility index (Phi) is 4.50. The molecule has 0 radical (unpaired) electrons. The van der Waals surface area contributed by atoms with Gasteiger partial charge in [0.1, 0.15) is 0 Å². The van der Waals surface area contributed by atoms with Crippen LogP contribution in [0.3, 0.4) is 0 Å². The number of sulfonamides is 1. The molecule has 0 aromatic carbocycles. The third kappa shape index (κ3) is 3.11. The average molecular weight is 288 g/mol. The first kappa shape index (κ1) is 14.8. The van der Waals surface area contributed by atoms with Crippen LogP contribution >= 0.6 is 0 Å². The third-order valence-corrected chi connectivity index (χ3v) is 6.49. The van der Waals surface area contributed by atoms with E-state index in [2.05, 4.69) is 0 Å². The van der Waals surface area contributed by atoms with E-state index in [0.717, 1.165) is 25.7 Å². The molecule has 1 aliphatic carbocycles. The van der Waals surface area contributed by atoms with Gasteiger partial charge in [-0.15, -0.1) is 0 Å². The fourth-order valence-corrected chi connectivity index (χ4v) is 4.16. The van der Waals surface area contributed by atoms with E-state index in [1.165, 1.54) is 4.31 Å². The molecule has 0 unspecified atom stereocenters. The van der Waals surface area contributed by atoms with E-state index in [4.69, 9.17) is 0 Å². The molecule has 1 saturated carbocycles. The van der Waals surface area contributed by atoms with E-state index in [0.29, 0.717) is 26.2 Å². The highest BCUT2D eigenvalue weighted by atomic mass is 32.2. The molecule has 1 aliphatic heterocycles. The van der Waals surface area contributed by atoms with Crippen LogP contribution in [0.4, 0.5) is 0 Å². The van der Waals surface area contributed by atoms with Crippen LogP contribution in [0.1, 0.15) is 39.5 Å². The van der Waals surface area contributed by atoms with Gasteiger partial charge in [0.2, 0.25) is 15.9 Å². The van der Waals surface area contributed by atoms with Gasteiger partial charge in [-0.1, -0.05) is 12.8 Å². The number of nitrogens with zero attached hydrogens (tertiary/aromatic N) is 2. The number of carbonyl (C=O) groups is 1. The van der Waals surface area contributed by atoms with E-state index in [1.807, 2.05) is 4.90 Å². The van der Waals surface area contributed by atoms with Gasteiger partial charge in [0.15, 0.2) is 0 Å². The summed E-state index contributed by atoms with van der Waals surface area (Å²) in [6.07, 6.45) is 4.31. The fourth-order valence-electron chi connectivity index (χ4n) is 2.89. The van der Waals surface area contributed by atoms with Gasteiger partial charge in [-0.3, -0.25) is 4.79 Å². The molecule has 0 N–H and O–H groups in total. The number of amides is 1. The zero-order valence-electron chi connectivity index (χ0n) is 11.8. The summed E-state index contributed by atoms with van der Waals surface area (Å²) in [6, 6.07) is 0. The summed E-state index contributed by atoms with van der Waals surface area (Å²) < 4.78 is 25.6. The predicted octanol–water partition coefficient (Wildman–Crippen LogP) is 1.06. The lowest BCUT2D eigenvalue weighted by Gasteiger charge is -2.36. The van der Waals surface area contributed by atoms with E-state index in [9.17, 15) is 13.2 Å². The van der Waals surface area contributed by atoms with Crippen LogP contribution in [0.15, 0.2) is 0 Å². The molecule has 2 rings (SSSR count). The molecule has 0 atom stereocenters. The first-order valence-electron chi connectivity index (χ1n) is 7.20. The maximum atomic E-state index is 12.2. The van der Waals surface area contributed by atoms with E-state index in [1.54, 1.807) is 13.8 Å². The van der Waals surface area contributed by atoms with Crippen molar-refractivity contribution in [1.82, 2.24) is 9.21 Å². The van der Waals surface area contributed by atoms with Gasteiger partial charge in [0.25, 0.3) is 0 Å². The summed E-state index contributed by atoms with van der Waals surface area (Å²) in [5, 5.41) is -0.385. The van der Waals surface area contributed by atoms with Gasteiger partial charge in [-0.2, -0.15) is 4.31 Å². The highest BCUT2D eigenvalue weighted by Gasteiger charge is 2.33. The van der Waals surface area contributed by atoms with Gasteiger partial charge in [-0.25, -0.2) is 8.42 Å². The molecule has 5 nitrogen and oxygen atoms in total. The third-order valence-electron chi connectivity index (χ3n) is 4.21. The minimum Gasteiger partial charge on any atom is -0.340 e. The zero-order chi connectivity index (χ0) is 14.0. The van der Waals surface area contributed by atoms with Crippen LogP contribution in [0, 0.1) is 5.92 Å². The van der Waals surface area contributed by atoms with Crippen molar-refractivity contribution in [3.63, 3.8) is 0 Å². The largest absolute Gasteiger partial charge is 0.340 e. The van der Waals surface area contributed by atoms with Crippen molar-refractivity contribution in [2.75, 3.05) is 26.2 Å². The number of hydrogen-bond donors (Lipinski definition) is 0. The van der Waals surface area contributed by atoms with Crippen molar-refractivity contribution in [1.29, 1.82) is 0 Å². The van der Waals surface area contributed by atoms with E-state index >= 15 is 0 Å². The Labute approximate surface area is 116 Å². The summed E-state index contributed by atoms with van der Waals surface area (Å²) in [5.74, 6) is 0.423. The Balaban J connectivity index is 1.90. The number of carbonyl (C=O) groups excluding carboxylic acids is 1. The summed E-state index contributed by atoms with van der Waals surface area (Å²) in [4.78, 5) is 14.1. The van der Waals surface area contributed by atoms with Crippen LogP contribution in [-0.2, 0) is 14.8 Å². The number of rotatable bonds is 3. The minimum absolute atomic E-state index is 0.188. The van der Waals surface area contributed by atoms with E-state index < -0.39 is 10.0 Å². The quantitative estimate of drug-likeness (QED) is 0.780. The highest BCUT2D eigenvalue weighted by Crippen LogP contribution is 2.27. The monoisotopic (exact) mass is 288 g/mol. The van der Waals surface area contributed by atoms with Gasteiger partial charge >= 0.3 is 0 Å². The molecule has 110 valence electrons. The molecule has 1 heterocycles. The standard InChI is InChI=1S/C13H24N2O3S/c1-11(2)19(17,18)15-9-7-14(8-10-15)13(16)12-5-3-4-6-12/h11-12H,3-10H2,1-2H3. The van der Waals surface area contributed by atoms with Gasteiger partial charge in [0.05, 0.1) is 5.25 Å². The fraction of sp³-hybridized carbons (Fsp3) is 0.923. The second-order valence-electron chi connectivity index (χ2n) is 5.80. The number of hydrogen-bond acceptors (Lipinski definition) is 3. The maximum Gasteiger partial charge on any atom is 0.225 e. The molecule has 2 fully saturated rings. The predicted molar refractivity (Wildman–Crippen MR) is 74.2 cm³/mol. The maximum absolute atomic E-state index is 12.2. The molecular formula is C13H24N2O3S. The van der Waals surface area contributed by atoms with E-state index in [-0.39, 0.29) is 17.1 Å². The van der Waals surface area contributed by atoms with Crippen molar-refractivity contribution in [3.05, 3.63) is 0 Å². The van der Waals surface area contributed by atoms with Crippen LogP contribution in [0.25, 0.3) is 0 Å². The molecule has 0 aromatic rings. The van der Waals surface area contributed by atoms with Crippen molar-refractivity contribution in [2.24, 2.45) is 5.92 Å². The molecule has 0 spiro atoms. The lowest BCUT2D eigenvalue weighted by molar-refractivity contribution is -0.136. The first-order chi connectivity index (χ1) is 8.93. The molecule has 1 saturated heterocycles. The first-order valence-corrected chi connectivity index (χ1v) is 8.71. The topological polar surface area (TPSA) is 57.7 Å². The lowest BCUT2D eigenvalue weighted by Crippen LogP contribution is -2.52. The second kappa shape index (κ2) is 5.79. The summed E-state index contributed by atoms with van der Waals surface area (Å²) in [7, 11) is -3.17. The Morgan fingerprint density at radius 3 is 2.05 bits per heavy atom. The molecule has 6 heteroatoms. The molecule has 0 bridgehead atoms. The average Bonchev–Trinajstić information content (AvgIpc) is 2.91. The summed E-state index contributed by atoms with van der Waals surface area (Å²) in [6.45, 7) is 5.37. The Morgan fingerprint density at radius 1 is 1.05 bits per heavy atom. The van der Waals surface area contributed by atoms with Crippen molar-refractivity contribution >= 4 is 15.9 Å². The summed E-state index contributed by atoms with van der Waals surface area (Å²) >= 11 is 0. The van der Waals surface area contributed by atoms with Gasteiger partial charge < -0.3 is 4.90 Å². The normalized spacial score (nSPS) is 23.2. The van der Waals surface area contributed by atoms with Crippen LogP contribution < -0.4 is 0 Å². The van der Waals surface area contributed by atoms with Crippen molar-refractivity contribution in [3.8, 4) is 0 Å². The summed E-state index contributed by atoms with van der Waals surface area (Å²) in [5.41, 5.74) is 0. The van der Waals surface area contributed by atoms with Gasteiger partial charge in [-0.05, 0) is 26.7 Å². The Morgan fingerprint density at radius 2 is 1.58 bits per heavy atom. The molecule has 19 heavy (non-hydrogen) atoms.